The van der Waals surface area contributed by atoms with Crippen molar-refractivity contribution >= 4 is 12.0 Å². The van der Waals surface area contributed by atoms with Crippen LogP contribution in [0.3, 0.4) is 0 Å². The molecular weight excluding hydrogens is 340 g/mol. The second kappa shape index (κ2) is 8.25. The smallest absolute Gasteiger partial charge is 0.411 e. The molecule has 2 aromatic rings. The van der Waals surface area contributed by atoms with Gasteiger partial charge in [-0.2, -0.15) is 0 Å². The summed E-state index contributed by atoms with van der Waals surface area (Å²) in [7, 11) is 0. The highest BCUT2D eigenvalue weighted by Crippen LogP contribution is 2.23. The van der Waals surface area contributed by atoms with E-state index in [4.69, 9.17) is 9.47 Å². The predicted octanol–water partition coefficient (Wildman–Crippen LogP) is 4.59. The Bertz CT molecular complexity index is 782. The molecular formula is C22H26N2O3. The minimum absolute atomic E-state index is 0.0292. The van der Waals surface area contributed by atoms with Gasteiger partial charge < -0.3 is 9.47 Å². The Morgan fingerprint density at radius 1 is 1.07 bits per heavy atom. The van der Waals surface area contributed by atoms with Crippen LogP contribution in [0.2, 0.25) is 0 Å². The van der Waals surface area contributed by atoms with Gasteiger partial charge in [-0.25, -0.2) is 9.79 Å². The van der Waals surface area contributed by atoms with Crippen molar-refractivity contribution in [3.05, 3.63) is 71.8 Å². The number of carbonyl (C=O) groups excluding carboxylic acids is 1. The third kappa shape index (κ3) is 5.58. The van der Waals surface area contributed by atoms with Crippen LogP contribution in [-0.4, -0.2) is 35.6 Å². The first-order valence-electron chi connectivity index (χ1n) is 9.17. The van der Waals surface area contributed by atoms with Crippen molar-refractivity contribution in [3.8, 4) is 0 Å². The summed E-state index contributed by atoms with van der Waals surface area (Å²) < 4.78 is 11.3. The second-order valence-electron chi connectivity index (χ2n) is 7.58. The predicted molar refractivity (Wildman–Crippen MR) is 106 cm³/mol. The maximum atomic E-state index is 12.7. The van der Waals surface area contributed by atoms with E-state index in [1.54, 1.807) is 4.90 Å². The van der Waals surface area contributed by atoms with Crippen molar-refractivity contribution in [2.75, 3.05) is 13.2 Å². The van der Waals surface area contributed by atoms with E-state index < -0.39 is 5.60 Å². The first kappa shape index (κ1) is 19.0. The quantitative estimate of drug-likeness (QED) is 0.777. The van der Waals surface area contributed by atoms with Crippen molar-refractivity contribution in [2.24, 2.45) is 4.99 Å². The van der Waals surface area contributed by atoms with E-state index in [1.165, 1.54) is 0 Å². The molecule has 0 unspecified atom stereocenters. The Balaban J connectivity index is 1.73. The average molecular weight is 366 g/mol. The second-order valence-corrected chi connectivity index (χ2v) is 7.58. The van der Waals surface area contributed by atoms with Crippen LogP contribution in [0.25, 0.3) is 0 Å². The summed E-state index contributed by atoms with van der Waals surface area (Å²) in [4.78, 5) is 19.0. The number of amides is 1. The van der Waals surface area contributed by atoms with Gasteiger partial charge in [-0.1, -0.05) is 60.7 Å². The summed E-state index contributed by atoms with van der Waals surface area (Å²) in [6.45, 7) is 6.80. The summed E-state index contributed by atoms with van der Waals surface area (Å²) in [5, 5.41) is 0. The highest BCUT2D eigenvalue weighted by molar-refractivity contribution is 5.83. The summed E-state index contributed by atoms with van der Waals surface area (Å²) in [6, 6.07) is 19.9. The Kier molecular flexibility index (Phi) is 5.79. The summed E-state index contributed by atoms with van der Waals surface area (Å²) >= 11 is 0. The van der Waals surface area contributed by atoms with Gasteiger partial charge in [-0.05, 0) is 31.9 Å². The highest BCUT2D eigenvalue weighted by atomic mass is 16.6. The zero-order valence-corrected chi connectivity index (χ0v) is 16.1. The van der Waals surface area contributed by atoms with Crippen molar-refractivity contribution < 1.29 is 14.3 Å². The third-order valence-corrected chi connectivity index (χ3v) is 4.09. The minimum atomic E-state index is -0.559. The molecule has 1 aliphatic rings. The van der Waals surface area contributed by atoms with Crippen LogP contribution in [0, 0.1) is 0 Å². The Labute approximate surface area is 160 Å². The van der Waals surface area contributed by atoms with Gasteiger partial charge in [0.05, 0.1) is 0 Å². The SMILES string of the molecule is CC(C)(C)OC(=O)N(CC1=N[C@H](c2ccccc2)CO1)Cc1ccccc1. The largest absolute Gasteiger partial charge is 0.477 e. The van der Waals surface area contributed by atoms with Crippen LogP contribution in [0.15, 0.2) is 65.7 Å². The fourth-order valence-electron chi connectivity index (χ4n) is 2.83. The maximum absolute atomic E-state index is 12.7. The molecule has 5 nitrogen and oxygen atoms in total. The van der Waals surface area contributed by atoms with Crippen LogP contribution >= 0.6 is 0 Å². The number of benzene rings is 2. The molecule has 0 N–H and O–H groups in total. The van der Waals surface area contributed by atoms with Gasteiger partial charge >= 0.3 is 6.09 Å². The molecule has 1 heterocycles. The molecule has 0 bridgehead atoms. The van der Waals surface area contributed by atoms with Gasteiger partial charge in [0.1, 0.15) is 24.8 Å². The van der Waals surface area contributed by atoms with Crippen molar-refractivity contribution in [1.82, 2.24) is 4.90 Å². The monoisotopic (exact) mass is 366 g/mol. The van der Waals surface area contributed by atoms with Crippen LogP contribution < -0.4 is 0 Å². The van der Waals surface area contributed by atoms with Crippen LogP contribution in [0.1, 0.15) is 37.9 Å². The molecule has 5 heteroatoms. The molecule has 0 aromatic heterocycles. The van der Waals surface area contributed by atoms with Crippen molar-refractivity contribution in [2.45, 2.75) is 39.0 Å². The van der Waals surface area contributed by atoms with E-state index in [-0.39, 0.29) is 18.7 Å². The van der Waals surface area contributed by atoms with Crippen LogP contribution in [-0.2, 0) is 16.0 Å². The van der Waals surface area contributed by atoms with Crippen LogP contribution in [0.5, 0.6) is 0 Å². The molecule has 142 valence electrons. The molecule has 0 aliphatic carbocycles. The van der Waals surface area contributed by atoms with E-state index in [0.29, 0.717) is 19.0 Å². The van der Waals surface area contributed by atoms with Gasteiger partial charge in [0.15, 0.2) is 0 Å². The maximum Gasteiger partial charge on any atom is 0.411 e. The molecule has 0 saturated heterocycles. The zero-order valence-electron chi connectivity index (χ0n) is 16.1. The molecule has 0 spiro atoms. The number of nitrogens with zero attached hydrogens (tertiary/aromatic N) is 2. The molecule has 27 heavy (non-hydrogen) atoms. The van der Waals surface area contributed by atoms with E-state index in [2.05, 4.69) is 4.99 Å². The van der Waals surface area contributed by atoms with Gasteiger partial charge in [0, 0.05) is 6.54 Å². The summed E-state index contributed by atoms with van der Waals surface area (Å²) in [6.07, 6.45) is -0.374. The lowest BCUT2D eigenvalue weighted by atomic mass is 10.1. The fraction of sp³-hybridized carbons (Fsp3) is 0.364. The van der Waals surface area contributed by atoms with Gasteiger partial charge in [-0.3, -0.25) is 4.90 Å². The van der Waals surface area contributed by atoms with Gasteiger partial charge in [-0.15, -0.1) is 0 Å². The molecule has 0 radical (unpaired) electrons. The fourth-order valence-corrected chi connectivity index (χ4v) is 2.83. The molecule has 1 amide bonds. The normalized spacial score (nSPS) is 16.4. The lowest BCUT2D eigenvalue weighted by Crippen LogP contribution is -2.39. The third-order valence-electron chi connectivity index (χ3n) is 4.09. The highest BCUT2D eigenvalue weighted by Gasteiger charge is 2.27. The number of aliphatic imine (C=N–C) groups is 1. The van der Waals surface area contributed by atoms with Gasteiger partial charge in [0.2, 0.25) is 5.90 Å². The molecule has 2 aromatic carbocycles. The molecule has 3 rings (SSSR count). The summed E-state index contributed by atoms with van der Waals surface area (Å²) in [5.74, 6) is 0.561. The average Bonchev–Trinajstić information content (AvgIpc) is 3.10. The van der Waals surface area contributed by atoms with E-state index in [1.807, 2.05) is 81.4 Å². The lowest BCUT2D eigenvalue weighted by Gasteiger charge is -2.27. The molecule has 1 atom stereocenters. The van der Waals surface area contributed by atoms with E-state index in [9.17, 15) is 4.79 Å². The van der Waals surface area contributed by atoms with Crippen LogP contribution in [0.4, 0.5) is 4.79 Å². The van der Waals surface area contributed by atoms with Gasteiger partial charge in [0.25, 0.3) is 0 Å². The first-order valence-corrected chi connectivity index (χ1v) is 9.17. The number of hydrogen-bond donors (Lipinski definition) is 0. The topological polar surface area (TPSA) is 51.1 Å². The Hall–Kier alpha value is -2.82. The molecule has 0 fully saturated rings. The number of hydrogen-bond acceptors (Lipinski definition) is 4. The van der Waals surface area contributed by atoms with Crippen molar-refractivity contribution in [1.29, 1.82) is 0 Å². The number of rotatable bonds is 5. The number of carbonyl (C=O) groups is 1. The minimum Gasteiger partial charge on any atom is -0.477 e. The Morgan fingerprint density at radius 2 is 1.70 bits per heavy atom. The zero-order chi connectivity index (χ0) is 19.3. The lowest BCUT2D eigenvalue weighted by molar-refractivity contribution is 0.0255. The van der Waals surface area contributed by atoms with E-state index >= 15 is 0 Å². The van der Waals surface area contributed by atoms with E-state index in [0.717, 1.165) is 11.1 Å². The van der Waals surface area contributed by atoms with Crippen molar-refractivity contribution in [3.63, 3.8) is 0 Å². The summed E-state index contributed by atoms with van der Waals surface area (Å²) in [5.41, 5.74) is 1.58. The molecule has 0 saturated carbocycles. The first-order chi connectivity index (χ1) is 12.9. The Morgan fingerprint density at radius 3 is 2.33 bits per heavy atom. The molecule has 1 aliphatic heterocycles. The number of ether oxygens (including phenoxy) is 2. The standard InChI is InChI=1S/C22H26N2O3/c1-22(2,3)27-21(25)24(14-17-10-6-4-7-11-17)15-20-23-19(16-26-20)18-12-8-5-9-13-18/h4-13,19H,14-16H2,1-3H3/t19-/m0/s1.